The van der Waals surface area contributed by atoms with Gasteiger partial charge in [-0.25, -0.2) is 0 Å². The first-order valence-electron chi connectivity index (χ1n) is 5.69. The SMILES string of the molecule is CCC(N)CC(=O)Nc1cc(C(F)(F)F)ccc1O. The van der Waals surface area contributed by atoms with E-state index in [-0.39, 0.29) is 18.2 Å². The molecule has 19 heavy (non-hydrogen) atoms. The zero-order chi connectivity index (χ0) is 14.6. The van der Waals surface area contributed by atoms with Gasteiger partial charge in [-0.1, -0.05) is 6.92 Å². The van der Waals surface area contributed by atoms with E-state index >= 15 is 0 Å². The lowest BCUT2D eigenvalue weighted by atomic mass is 10.1. The van der Waals surface area contributed by atoms with Crippen LogP contribution < -0.4 is 11.1 Å². The second-order valence-corrected chi connectivity index (χ2v) is 4.15. The van der Waals surface area contributed by atoms with Crippen LogP contribution in [0, 0.1) is 0 Å². The van der Waals surface area contributed by atoms with E-state index in [1.165, 1.54) is 0 Å². The third-order valence-electron chi connectivity index (χ3n) is 2.57. The molecule has 0 spiro atoms. The Morgan fingerprint density at radius 1 is 1.47 bits per heavy atom. The smallest absolute Gasteiger partial charge is 0.416 e. The summed E-state index contributed by atoms with van der Waals surface area (Å²) in [5.74, 6) is -0.963. The number of benzene rings is 1. The highest BCUT2D eigenvalue weighted by molar-refractivity contribution is 5.92. The van der Waals surface area contributed by atoms with Crippen molar-refractivity contribution in [2.24, 2.45) is 5.73 Å². The van der Waals surface area contributed by atoms with Gasteiger partial charge in [-0.2, -0.15) is 13.2 Å². The molecule has 106 valence electrons. The molecule has 1 rings (SSSR count). The topological polar surface area (TPSA) is 75.4 Å². The molecule has 0 saturated carbocycles. The minimum Gasteiger partial charge on any atom is -0.506 e. The van der Waals surface area contributed by atoms with Crippen molar-refractivity contribution in [3.63, 3.8) is 0 Å². The Kier molecular flexibility index (Phi) is 4.77. The van der Waals surface area contributed by atoms with Gasteiger partial charge in [0, 0.05) is 12.5 Å². The van der Waals surface area contributed by atoms with Gasteiger partial charge in [0.1, 0.15) is 5.75 Å². The summed E-state index contributed by atoms with van der Waals surface area (Å²) in [5, 5.41) is 11.6. The van der Waals surface area contributed by atoms with Crippen LogP contribution in [-0.4, -0.2) is 17.1 Å². The van der Waals surface area contributed by atoms with Crippen LogP contribution in [0.1, 0.15) is 25.3 Å². The summed E-state index contributed by atoms with van der Waals surface area (Å²) in [6.07, 6.45) is -3.98. The molecule has 0 bridgehead atoms. The first-order valence-corrected chi connectivity index (χ1v) is 5.69. The molecule has 4 N–H and O–H groups in total. The quantitative estimate of drug-likeness (QED) is 0.739. The molecule has 1 unspecified atom stereocenters. The molecule has 1 aromatic rings. The number of hydrogen-bond acceptors (Lipinski definition) is 3. The van der Waals surface area contributed by atoms with Crippen molar-refractivity contribution in [3.8, 4) is 5.75 Å². The molecule has 0 aromatic heterocycles. The maximum absolute atomic E-state index is 12.5. The Morgan fingerprint density at radius 2 is 2.11 bits per heavy atom. The van der Waals surface area contributed by atoms with E-state index in [0.717, 1.165) is 12.1 Å². The van der Waals surface area contributed by atoms with Crippen molar-refractivity contribution in [2.75, 3.05) is 5.32 Å². The summed E-state index contributed by atoms with van der Waals surface area (Å²) in [6.45, 7) is 1.79. The predicted octanol–water partition coefficient (Wildman–Crippen LogP) is 2.48. The van der Waals surface area contributed by atoms with Crippen molar-refractivity contribution >= 4 is 11.6 Å². The molecular weight excluding hydrogens is 261 g/mol. The molecule has 7 heteroatoms. The number of phenolic OH excluding ortho intramolecular Hbond substituents is 1. The minimum atomic E-state index is -4.53. The average Bonchev–Trinajstić information content (AvgIpc) is 2.30. The lowest BCUT2D eigenvalue weighted by Crippen LogP contribution is -2.26. The molecule has 1 amide bonds. The molecule has 0 heterocycles. The maximum atomic E-state index is 12.5. The first kappa shape index (κ1) is 15.3. The molecule has 0 aliphatic carbocycles. The number of nitrogens with one attached hydrogen (secondary N) is 1. The molecule has 4 nitrogen and oxygen atoms in total. The Balaban J connectivity index is 2.86. The number of carbonyl (C=O) groups excluding carboxylic acids is 1. The van der Waals surface area contributed by atoms with Gasteiger partial charge in [0.05, 0.1) is 11.3 Å². The number of amides is 1. The molecule has 0 fully saturated rings. The second kappa shape index (κ2) is 5.92. The normalized spacial score (nSPS) is 13.1. The molecule has 1 atom stereocenters. The van der Waals surface area contributed by atoms with Gasteiger partial charge in [-0.05, 0) is 24.6 Å². The number of alkyl halides is 3. The second-order valence-electron chi connectivity index (χ2n) is 4.15. The van der Waals surface area contributed by atoms with E-state index in [4.69, 9.17) is 5.73 Å². The van der Waals surface area contributed by atoms with Crippen LogP contribution in [-0.2, 0) is 11.0 Å². The number of aromatic hydroxyl groups is 1. The van der Waals surface area contributed by atoms with Gasteiger partial charge < -0.3 is 16.2 Å². The largest absolute Gasteiger partial charge is 0.506 e. The van der Waals surface area contributed by atoms with Crippen LogP contribution in [0.2, 0.25) is 0 Å². The van der Waals surface area contributed by atoms with Crippen LogP contribution in [0.5, 0.6) is 5.75 Å². The summed E-state index contributed by atoms with van der Waals surface area (Å²) >= 11 is 0. The average molecular weight is 276 g/mol. The van der Waals surface area contributed by atoms with Gasteiger partial charge >= 0.3 is 6.18 Å². The van der Waals surface area contributed by atoms with E-state index in [0.29, 0.717) is 12.5 Å². The van der Waals surface area contributed by atoms with Crippen molar-refractivity contribution in [3.05, 3.63) is 23.8 Å². The Labute approximate surface area is 108 Å². The third kappa shape index (κ3) is 4.44. The summed E-state index contributed by atoms with van der Waals surface area (Å²) in [4.78, 5) is 11.5. The van der Waals surface area contributed by atoms with E-state index in [9.17, 15) is 23.1 Å². The summed E-state index contributed by atoms with van der Waals surface area (Å²) in [6, 6.07) is 1.94. The van der Waals surface area contributed by atoms with Crippen LogP contribution in [0.3, 0.4) is 0 Å². The van der Waals surface area contributed by atoms with Gasteiger partial charge in [-0.3, -0.25) is 4.79 Å². The van der Waals surface area contributed by atoms with Gasteiger partial charge in [-0.15, -0.1) is 0 Å². The van der Waals surface area contributed by atoms with E-state index < -0.39 is 23.4 Å². The molecule has 1 aromatic carbocycles. The highest BCUT2D eigenvalue weighted by Crippen LogP contribution is 2.34. The zero-order valence-corrected chi connectivity index (χ0v) is 10.3. The van der Waals surface area contributed by atoms with Crippen LogP contribution in [0.25, 0.3) is 0 Å². The monoisotopic (exact) mass is 276 g/mol. The Bertz CT molecular complexity index is 461. The lowest BCUT2D eigenvalue weighted by molar-refractivity contribution is -0.137. The summed E-state index contributed by atoms with van der Waals surface area (Å²) in [5.41, 5.74) is 4.34. The number of halogens is 3. The van der Waals surface area contributed by atoms with Gasteiger partial charge in [0.15, 0.2) is 0 Å². The van der Waals surface area contributed by atoms with E-state index in [2.05, 4.69) is 5.32 Å². The number of carbonyl (C=O) groups is 1. The Morgan fingerprint density at radius 3 is 2.63 bits per heavy atom. The fourth-order valence-corrected chi connectivity index (χ4v) is 1.40. The Hall–Kier alpha value is -1.76. The van der Waals surface area contributed by atoms with Gasteiger partial charge in [0.25, 0.3) is 0 Å². The number of anilines is 1. The van der Waals surface area contributed by atoms with Crippen LogP contribution >= 0.6 is 0 Å². The standard InChI is InChI=1S/C12H15F3N2O2/c1-2-8(16)6-11(19)17-9-5-7(12(13,14)15)3-4-10(9)18/h3-5,8,18H,2,6,16H2,1H3,(H,17,19). The highest BCUT2D eigenvalue weighted by Gasteiger charge is 2.31. The zero-order valence-electron chi connectivity index (χ0n) is 10.3. The predicted molar refractivity (Wildman–Crippen MR) is 64.6 cm³/mol. The van der Waals surface area contributed by atoms with E-state index in [1.807, 2.05) is 0 Å². The van der Waals surface area contributed by atoms with Crippen molar-refractivity contribution < 1.29 is 23.1 Å². The number of phenols is 1. The minimum absolute atomic E-state index is 0.0216. The van der Waals surface area contributed by atoms with E-state index in [1.54, 1.807) is 6.92 Å². The molecule has 0 aliphatic heterocycles. The number of nitrogens with two attached hydrogens (primary N) is 1. The fraction of sp³-hybridized carbons (Fsp3) is 0.417. The number of rotatable bonds is 4. The number of hydrogen-bond donors (Lipinski definition) is 3. The molecule has 0 aliphatic rings. The first-order chi connectivity index (χ1) is 8.74. The molecule has 0 saturated heterocycles. The highest BCUT2D eigenvalue weighted by atomic mass is 19.4. The molecular formula is C12H15F3N2O2. The molecule has 0 radical (unpaired) electrons. The van der Waals surface area contributed by atoms with Crippen LogP contribution in [0.4, 0.5) is 18.9 Å². The summed E-state index contributed by atoms with van der Waals surface area (Å²) in [7, 11) is 0. The fourth-order valence-electron chi connectivity index (χ4n) is 1.40. The van der Waals surface area contributed by atoms with Crippen LogP contribution in [0.15, 0.2) is 18.2 Å². The third-order valence-corrected chi connectivity index (χ3v) is 2.57. The lowest BCUT2D eigenvalue weighted by Gasteiger charge is -2.13. The van der Waals surface area contributed by atoms with Crippen molar-refractivity contribution in [1.29, 1.82) is 0 Å². The van der Waals surface area contributed by atoms with Crippen molar-refractivity contribution in [2.45, 2.75) is 32.0 Å². The van der Waals surface area contributed by atoms with Gasteiger partial charge in [0.2, 0.25) is 5.91 Å². The maximum Gasteiger partial charge on any atom is 0.416 e. The van der Waals surface area contributed by atoms with Crippen molar-refractivity contribution in [1.82, 2.24) is 0 Å². The summed E-state index contributed by atoms with van der Waals surface area (Å²) < 4.78 is 37.5.